The summed E-state index contributed by atoms with van der Waals surface area (Å²) >= 11 is 0. The van der Waals surface area contributed by atoms with Crippen molar-refractivity contribution < 1.29 is 4.79 Å². The van der Waals surface area contributed by atoms with E-state index in [1.54, 1.807) is 0 Å². The fraction of sp³-hybridized carbons (Fsp3) is 0.533. The van der Waals surface area contributed by atoms with Crippen molar-refractivity contribution in [1.29, 1.82) is 0 Å². The zero-order valence-electron chi connectivity index (χ0n) is 11.7. The van der Waals surface area contributed by atoms with Crippen LogP contribution in [0.4, 0.5) is 10.5 Å². The van der Waals surface area contributed by atoms with Crippen molar-refractivity contribution >= 4 is 11.7 Å². The molecule has 2 atom stereocenters. The summed E-state index contributed by atoms with van der Waals surface area (Å²) in [7, 11) is 0. The summed E-state index contributed by atoms with van der Waals surface area (Å²) in [6, 6.07) is 8.23. The molecule has 0 saturated carbocycles. The fourth-order valence-corrected chi connectivity index (χ4v) is 2.71. The van der Waals surface area contributed by atoms with Gasteiger partial charge >= 0.3 is 6.03 Å². The number of urea groups is 1. The first-order valence-electron chi connectivity index (χ1n) is 6.98. The summed E-state index contributed by atoms with van der Waals surface area (Å²) in [6.07, 6.45) is 3.21. The van der Waals surface area contributed by atoms with Crippen LogP contribution in [-0.2, 0) is 0 Å². The summed E-state index contributed by atoms with van der Waals surface area (Å²) < 4.78 is 0. The molecule has 4 heteroatoms. The Morgan fingerprint density at radius 1 is 1.37 bits per heavy atom. The van der Waals surface area contributed by atoms with Gasteiger partial charge in [-0.15, -0.1) is 0 Å². The van der Waals surface area contributed by atoms with Gasteiger partial charge in [0, 0.05) is 24.3 Å². The van der Waals surface area contributed by atoms with Crippen LogP contribution in [0.1, 0.15) is 31.7 Å². The lowest BCUT2D eigenvalue weighted by atomic mass is 9.97. The van der Waals surface area contributed by atoms with Gasteiger partial charge in [-0.2, -0.15) is 0 Å². The molecule has 3 N–H and O–H groups in total. The lowest BCUT2D eigenvalue weighted by molar-refractivity contribution is 0.128. The topological polar surface area (TPSA) is 58.4 Å². The van der Waals surface area contributed by atoms with Crippen LogP contribution in [-0.4, -0.2) is 29.6 Å². The monoisotopic (exact) mass is 261 g/mol. The highest BCUT2D eigenvalue weighted by atomic mass is 16.2. The van der Waals surface area contributed by atoms with Crippen molar-refractivity contribution in [3.63, 3.8) is 0 Å². The Morgan fingerprint density at radius 2 is 2.05 bits per heavy atom. The number of piperidine rings is 1. The number of carbonyl (C=O) groups is 1. The Bertz CT molecular complexity index is 430. The average Bonchev–Trinajstić information content (AvgIpc) is 2.40. The first kappa shape index (κ1) is 13.9. The number of likely N-dealkylation sites (tertiary alicyclic amines) is 1. The largest absolute Gasteiger partial charge is 0.328 e. The molecular formula is C15H23N3O. The highest BCUT2D eigenvalue weighted by Crippen LogP contribution is 2.23. The van der Waals surface area contributed by atoms with E-state index in [4.69, 9.17) is 5.73 Å². The van der Waals surface area contributed by atoms with Crippen LogP contribution >= 0.6 is 0 Å². The molecule has 4 nitrogen and oxygen atoms in total. The Morgan fingerprint density at radius 3 is 2.68 bits per heavy atom. The van der Waals surface area contributed by atoms with Crippen molar-refractivity contribution in [2.24, 2.45) is 5.73 Å². The molecule has 1 aliphatic rings. The molecule has 0 radical (unpaired) electrons. The molecule has 0 bridgehead atoms. The molecule has 1 saturated heterocycles. The highest BCUT2D eigenvalue weighted by molar-refractivity contribution is 5.89. The van der Waals surface area contributed by atoms with E-state index >= 15 is 0 Å². The molecular weight excluding hydrogens is 238 g/mol. The van der Waals surface area contributed by atoms with Gasteiger partial charge in [0.1, 0.15) is 0 Å². The zero-order valence-corrected chi connectivity index (χ0v) is 11.7. The second-order valence-electron chi connectivity index (χ2n) is 5.37. The minimum Gasteiger partial charge on any atom is -0.328 e. The van der Waals surface area contributed by atoms with Gasteiger partial charge in [-0.05, 0) is 45.2 Å². The van der Waals surface area contributed by atoms with Crippen molar-refractivity contribution in [2.75, 3.05) is 11.9 Å². The van der Waals surface area contributed by atoms with Crippen LogP contribution in [0.5, 0.6) is 0 Å². The van der Waals surface area contributed by atoms with Crippen LogP contribution in [0.2, 0.25) is 0 Å². The van der Waals surface area contributed by atoms with E-state index in [1.165, 1.54) is 5.56 Å². The normalized spacial score (nSPS) is 23.2. The van der Waals surface area contributed by atoms with E-state index in [0.717, 1.165) is 24.9 Å². The summed E-state index contributed by atoms with van der Waals surface area (Å²) in [5, 5.41) is 2.96. The van der Waals surface area contributed by atoms with Crippen molar-refractivity contribution in [3.8, 4) is 0 Å². The van der Waals surface area contributed by atoms with Gasteiger partial charge in [-0.25, -0.2) is 4.79 Å². The third-order valence-corrected chi connectivity index (χ3v) is 3.84. The SMILES string of the molecule is Cc1ccc(NC(=O)N2C(C)CCCC2CN)cc1. The average molecular weight is 261 g/mol. The number of carbonyl (C=O) groups excluding carboxylic acids is 1. The molecule has 0 aromatic heterocycles. The van der Waals surface area contributed by atoms with Gasteiger partial charge < -0.3 is 16.0 Å². The molecule has 0 spiro atoms. The number of hydrogen-bond donors (Lipinski definition) is 2. The molecule has 1 fully saturated rings. The van der Waals surface area contributed by atoms with Crippen LogP contribution in [0.3, 0.4) is 0 Å². The van der Waals surface area contributed by atoms with Gasteiger partial charge in [0.2, 0.25) is 0 Å². The first-order chi connectivity index (χ1) is 9.11. The molecule has 104 valence electrons. The van der Waals surface area contributed by atoms with Gasteiger partial charge in [0.25, 0.3) is 0 Å². The molecule has 2 rings (SSSR count). The van der Waals surface area contributed by atoms with Crippen molar-refractivity contribution in [1.82, 2.24) is 4.90 Å². The Balaban J connectivity index is 2.06. The smallest absolute Gasteiger partial charge is 0.322 e. The number of aryl methyl sites for hydroxylation is 1. The van der Waals surface area contributed by atoms with E-state index < -0.39 is 0 Å². The summed E-state index contributed by atoms with van der Waals surface area (Å²) in [6.45, 7) is 4.66. The second kappa shape index (κ2) is 6.06. The number of benzene rings is 1. The molecule has 1 aromatic rings. The lowest BCUT2D eigenvalue weighted by Gasteiger charge is -2.40. The quantitative estimate of drug-likeness (QED) is 0.860. The van der Waals surface area contributed by atoms with Crippen LogP contribution in [0.25, 0.3) is 0 Å². The van der Waals surface area contributed by atoms with E-state index in [2.05, 4.69) is 12.2 Å². The van der Waals surface area contributed by atoms with Crippen molar-refractivity contribution in [2.45, 2.75) is 45.2 Å². The molecule has 1 heterocycles. The highest BCUT2D eigenvalue weighted by Gasteiger charge is 2.30. The Kier molecular flexibility index (Phi) is 4.43. The molecule has 19 heavy (non-hydrogen) atoms. The number of hydrogen-bond acceptors (Lipinski definition) is 2. The second-order valence-corrected chi connectivity index (χ2v) is 5.37. The van der Waals surface area contributed by atoms with Gasteiger partial charge in [-0.1, -0.05) is 17.7 Å². The van der Waals surface area contributed by atoms with Crippen LogP contribution in [0, 0.1) is 6.92 Å². The third-order valence-electron chi connectivity index (χ3n) is 3.84. The van der Waals surface area contributed by atoms with E-state index in [1.807, 2.05) is 36.1 Å². The van der Waals surface area contributed by atoms with E-state index in [9.17, 15) is 4.79 Å². The third kappa shape index (κ3) is 3.26. The minimum absolute atomic E-state index is 0.0356. The molecule has 2 amide bonds. The van der Waals surface area contributed by atoms with Crippen molar-refractivity contribution in [3.05, 3.63) is 29.8 Å². The van der Waals surface area contributed by atoms with E-state index in [-0.39, 0.29) is 18.1 Å². The maximum atomic E-state index is 12.4. The van der Waals surface area contributed by atoms with Gasteiger partial charge in [0.15, 0.2) is 0 Å². The molecule has 2 unspecified atom stereocenters. The fourth-order valence-electron chi connectivity index (χ4n) is 2.71. The number of nitrogens with two attached hydrogens (primary N) is 1. The number of amides is 2. The standard InChI is InChI=1S/C15H23N3O/c1-11-6-8-13(9-7-11)17-15(19)18-12(2)4-3-5-14(18)10-16/h6-9,12,14H,3-5,10,16H2,1-2H3,(H,17,19). The molecule has 0 aliphatic carbocycles. The Labute approximate surface area is 115 Å². The number of nitrogens with one attached hydrogen (secondary N) is 1. The number of rotatable bonds is 2. The lowest BCUT2D eigenvalue weighted by Crippen LogP contribution is -2.53. The minimum atomic E-state index is -0.0356. The van der Waals surface area contributed by atoms with Crippen LogP contribution in [0.15, 0.2) is 24.3 Å². The molecule has 1 aromatic carbocycles. The molecule has 1 aliphatic heterocycles. The number of nitrogens with zero attached hydrogens (tertiary/aromatic N) is 1. The summed E-state index contributed by atoms with van der Waals surface area (Å²) in [5.74, 6) is 0. The Hall–Kier alpha value is -1.55. The zero-order chi connectivity index (χ0) is 13.8. The predicted molar refractivity (Wildman–Crippen MR) is 78.2 cm³/mol. The first-order valence-corrected chi connectivity index (χ1v) is 6.98. The summed E-state index contributed by atoms with van der Waals surface area (Å²) in [5.41, 5.74) is 7.81. The van der Waals surface area contributed by atoms with E-state index in [0.29, 0.717) is 6.54 Å². The number of anilines is 1. The maximum Gasteiger partial charge on any atom is 0.322 e. The summed E-state index contributed by atoms with van der Waals surface area (Å²) in [4.78, 5) is 14.3. The van der Waals surface area contributed by atoms with Gasteiger partial charge in [0.05, 0.1) is 0 Å². The van der Waals surface area contributed by atoms with Gasteiger partial charge in [-0.3, -0.25) is 0 Å². The maximum absolute atomic E-state index is 12.4. The van der Waals surface area contributed by atoms with Crippen LogP contribution < -0.4 is 11.1 Å². The predicted octanol–water partition coefficient (Wildman–Crippen LogP) is 2.73.